The smallest absolute Gasteiger partial charge is 0.191 e. The molecule has 27 heavy (non-hydrogen) atoms. The van der Waals surface area contributed by atoms with Gasteiger partial charge in [0.25, 0.3) is 0 Å². The molecule has 0 saturated heterocycles. The number of sulfone groups is 1. The van der Waals surface area contributed by atoms with Crippen LogP contribution in [-0.4, -0.2) is 34.2 Å². The van der Waals surface area contributed by atoms with Crippen molar-refractivity contribution in [3.63, 3.8) is 0 Å². The Balaban J connectivity index is 0.00000364. The van der Waals surface area contributed by atoms with E-state index in [9.17, 15) is 12.8 Å². The van der Waals surface area contributed by atoms with Crippen molar-refractivity contribution in [2.75, 3.05) is 19.8 Å². The first-order chi connectivity index (χ1) is 12.3. The normalized spacial score (nSPS) is 11.6. The number of aryl methyl sites for hydroxylation is 1. The van der Waals surface area contributed by atoms with Crippen molar-refractivity contribution in [1.82, 2.24) is 10.6 Å². The maximum Gasteiger partial charge on any atom is 0.191 e. The van der Waals surface area contributed by atoms with E-state index >= 15 is 0 Å². The summed E-state index contributed by atoms with van der Waals surface area (Å²) in [7, 11) is -1.49. The van der Waals surface area contributed by atoms with Gasteiger partial charge in [0, 0.05) is 26.4 Å². The molecule has 8 heteroatoms. The lowest BCUT2D eigenvalue weighted by molar-refractivity contribution is 0.602. The summed E-state index contributed by atoms with van der Waals surface area (Å²) < 4.78 is 36.1. The summed E-state index contributed by atoms with van der Waals surface area (Å²) in [5.74, 6) is 0.426. The van der Waals surface area contributed by atoms with E-state index in [-0.39, 0.29) is 29.8 Å². The summed E-state index contributed by atoms with van der Waals surface area (Å²) in [4.78, 5) is 4.47. The van der Waals surface area contributed by atoms with E-state index in [0.29, 0.717) is 23.9 Å². The van der Waals surface area contributed by atoms with Crippen molar-refractivity contribution < 1.29 is 12.8 Å². The van der Waals surface area contributed by atoms with E-state index in [0.717, 1.165) is 23.1 Å². The molecule has 0 radical (unpaired) electrons. The van der Waals surface area contributed by atoms with Crippen molar-refractivity contribution in [1.29, 1.82) is 0 Å². The molecular formula is C19H25FIN3O2S. The lowest BCUT2D eigenvalue weighted by Gasteiger charge is -2.13. The molecule has 2 rings (SSSR count). The first kappa shape index (κ1) is 23.4. The fourth-order valence-corrected chi connectivity index (χ4v) is 3.15. The Hall–Kier alpha value is -1.68. The van der Waals surface area contributed by atoms with E-state index in [1.54, 1.807) is 37.4 Å². The van der Waals surface area contributed by atoms with Crippen LogP contribution in [0.1, 0.15) is 16.7 Å². The Labute approximate surface area is 177 Å². The monoisotopic (exact) mass is 505 g/mol. The van der Waals surface area contributed by atoms with Gasteiger partial charge in [-0.05, 0) is 54.3 Å². The van der Waals surface area contributed by atoms with Crippen molar-refractivity contribution in [3.8, 4) is 0 Å². The predicted molar refractivity (Wildman–Crippen MR) is 118 cm³/mol. The third kappa shape index (κ3) is 7.45. The van der Waals surface area contributed by atoms with E-state index < -0.39 is 9.84 Å². The van der Waals surface area contributed by atoms with Gasteiger partial charge in [0.2, 0.25) is 0 Å². The topological polar surface area (TPSA) is 70.6 Å². The van der Waals surface area contributed by atoms with Crippen LogP contribution in [0.3, 0.4) is 0 Å². The van der Waals surface area contributed by atoms with Crippen LogP contribution in [-0.2, 0) is 22.8 Å². The average Bonchev–Trinajstić information content (AvgIpc) is 2.59. The Morgan fingerprint density at radius 3 is 2.33 bits per heavy atom. The fourth-order valence-electron chi connectivity index (χ4n) is 2.52. The summed E-state index contributed by atoms with van der Waals surface area (Å²) in [6.07, 6.45) is 1.95. The van der Waals surface area contributed by atoms with Crippen molar-refractivity contribution >= 4 is 39.8 Å². The minimum Gasteiger partial charge on any atom is -0.356 e. The van der Waals surface area contributed by atoms with Gasteiger partial charge in [0.15, 0.2) is 15.8 Å². The molecule has 0 aliphatic heterocycles. The largest absolute Gasteiger partial charge is 0.356 e. The molecule has 0 heterocycles. The fraction of sp³-hybridized carbons (Fsp3) is 0.316. The van der Waals surface area contributed by atoms with Gasteiger partial charge >= 0.3 is 0 Å². The molecule has 0 amide bonds. The number of hydrogen-bond acceptors (Lipinski definition) is 3. The van der Waals surface area contributed by atoms with Crippen LogP contribution in [0.25, 0.3) is 0 Å². The summed E-state index contributed by atoms with van der Waals surface area (Å²) in [5, 5.41) is 6.40. The van der Waals surface area contributed by atoms with Gasteiger partial charge < -0.3 is 10.6 Å². The number of nitrogens with zero attached hydrogens (tertiary/aromatic N) is 1. The Morgan fingerprint density at radius 2 is 1.78 bits per heavy atom. The van der Waals surface area contributed by atoms with Crippen LogP contribution < -0.4 is 10.6 Å². The second-order valence-corrected chi connectivity index (χ2v) is 8.11. The predicted octanol–water partition coefficient (Wildman–Crippen LogP) is 3.06. The minimum atomic E-state index is -3.18. The van der Waals surface area contributed by atoms with Crippen LogP contribution >= 0.6 is 24.0 Å². The summed E-state index contributed by atoms with van der Waals surface area (Å²) in [6, 6.07) is 11.5. The highest BCUT2D eigenvalue weighted by molar-refractivity contribution is 14.0. The molecule has 0 atom stereocenters. The number of nitrogens with one attached hydrogen (secondary N) is 2. The molecule has 2 N–H and O–H groups in total. The van der Waals surface area contributed by atoms with Crippen LogP contribution in [0.2, 0.25) is 0 Å². The van der Waals surface area contributed by atoms with Gasteiger partial charge in [-0.25, -0.2) is 12.8 Å². The quantitative estimate of drug-likeness (QED) is 0.360. The van der Waals surface area contributed by atoms with E-state index in [2.05, 4.69) is 15.6 Å². The van der Waals surface area contributed by atoms with Crippen LogP contribution in [0.4, 0.5) is 4.39 Å². The zero-order chi connectivity index (χ0) is 19.2. The van der Waals surface area contributed by atoms with E-state index in [1.807, 2.05) is 6.92 Å². The van der Waals surface area contributed by atoms with Gasteiger partial charge in [0.05, 0.1) is 4.90 Å². The van der Waals surface area contributed by atoms with E-state index in [1.165, 1.54) is 18.4 Å². The first-order valence-electron chi connectivity index (χ1n) is 8.28. The number of aliphatic imine (C=N–C) groups is 1. The highest BCUT2D eigenvalue weighted by Gasteiger charge is 2.06. The Kier molecular flexibility index (Phi) is 9.17. The second-order valence-electron chi connectivity index (χ2n) is 6.09. The zero-order valence-corrected chi connectivity index (χ0v) is 18.8. The molecule has 2 aromatic rings. The molecule has 0 aliphatic rings. The van der Waals surface area contributed by atoms with Gasteiger partial charge in [-0.2, -0.15) is 0 Å². The molecule has 0 spiro atoms. The highest BCUT2D eigenvalue weighted by Crippen LogP contribution is 2.11. The first-order valence-corrected chi connectivity index (χ1v) is 10.2. The van der Waals surface area contributed by atoms with Gasteiger partial charge in [0.1, 0.15) is 5.82 Å². The third-order valence-electron chi connectivity index (χ3n) is 4.03. The SMILES string of the molecule is CN=C(NCCc1ccc(F)cc1C)NCc1ccc(S(C)(=O)=O)cc1.I. The van der Waals surface area contributed by atoms with Gasteiger partial charge in [-0.3, -0.25) is 4.99 Å². The Bertz CT molecular complexity index is 884. The van der Waals surface area contributed by atoms with Crippen molar-refractivity contribution in [2.24, 2.45) is 4.99 Å². The molecule has 0 unspecified atom stereocenters. The maximum absolute atomic E-state index is 13.1. The van der Waals surface area contributed by atoms with Crippen LogP contribution in [0, 0.1) is 12.7 Å². The summed E-state index contributed by atoms with van der Waals surface area (Å²) in [5.41, 5.74) is 2.97. The highest BCUT2D eigenvalue weighted by atomic mass is 127. The van der Waals surface area contributed by atoms with Crippen LogP contribution in [0.15, 0.2) is 52.4 Å². The number of halogens is 2. The minimum absolute atomic E-state index is 0. The number of benzene rings is 2. The lowest BCUT2D eigenvalue weighted by Crippen LogP contribution is -2.37. The van der Waals surface area contributed by atoms with Gasteiger partial charge in [-0.1, -0.05) is 18.2 Å². The lowest BCUT2D eigenvalue weighted by atomic mass is 10.1. The molecule has 0 saturated carbocycles. The molecule has 5 nitrogen and oxygen atoms in total. The summed E-state index contributed by atoms with van der Waals surface area (Å²) >= 11 is 0. The Morgan fingerprint density at radius 1 is 1.11 bits per heavy atom. The molecule has 0 aliphatic carbocycles. The average molecular weight is 505 g/mol. The second kappa shape index (κ2) is 10.6. The molecule has 148 valence electrons. The number of rotatable bonds is 6. The molecule has 0 fully saturated rings. The maximum atomic E-state index is 13.1. The zero-order valence-electron chi connectivity index (χ0n) is 15.6. The standard InChI is InChI=1S/C19H24FN3O2S.HI/c1-14-12-17(20)7-6-16(14)10-11-22-19(21-2)23-13-15-4-8-18(9-5-15)26(3,24)25;/h4-9,12H,10-11,13H2,1-3H3,(H2,21,22,23);1H. The van der Waals surface area contributed by atoms with Crippen molar-refractivity contribution in [3.05, 3.63) is 65.0 Å². The van der Waals surface area contributed by atoms with Crippen LogP contribution in [0.5, 0.6) is 0 Å². The number of hydrogen-bond donors (Lipinski definition) is 2. The summed E-state index contributed by atoms with van der Waals surface area (Å²) in [6.45, 7) is 3.09. The molecule has 2 aromatic carbocycles. The van der Waals surface area contributed by atoms with Gasteiger partial charge in [-0.15, -0.1) is 24.0 Å². The third-order valence-corrected chi connectivity index (χ3v) is 5.15. The molecular weight excluding hydrogens is 480 g/mol. The molecule has 0 bridgehead atoms. The van der Waals surface area contributed by atoms with Crippen molar-refractivity contribution in [2.45, 2.75) is 24.8 Å². The van der Waals surface area contributed by atoms with E-state index in [4.69, 9.17) is 0 Å². The molecule has 0 aromatic heterocycles. The number of guanidine groups is 1.